The normalized spacial score (nSPS) is 13.8. The van der Waals surface area contributed by atoms with Crippen LogP contribution in [-0.2, 0) is 4.74 Å². The van der Waals surface area contributed by atoms with E-state index < -0.39 is 6.10 Å². The van der Waals surface area contributed by atoms with Crippen LogP contribution in [0.4, 0.5) is 0 Å². The molecule has 4 heteroatoms. The molecule has 4 nitrogen and oxygen atoms in total. The average Bonchev–Trinajstić information content (AvgIpc) is 2.13. The third kappa shape index (κ3) is 11.8. The average molecular weight is 218 g/mol. The number of nitrogens with zero attached hydrogens (tertiary/aromatic N) is 1. The van der Waals surface area contributed by atoms with E-state index in [2.05, 4.69) is 19.3 Å². The molecule has 0 heterocycles. The van der Waals surface area contributed by atoms with Gasteiger partial charge in [-0.15, -0.1) is 0 Å². The molecular weight excluding hydrogens is 192 g/mol. The molecule has 0 amide bonds. The van der Waals surface area contributed by atoms with Gasteiger partial charge in [0.2, 0.25) is 0 Å². The van der Waals surface area contributed by atoms with Crippen molar-refractivity contribution < 1.29 is 9.84 Å². The Bertz CT molecular complexity index is 141. The van der Waals surface area contributed by atoms with Crippen molar-refractivity contribution in [2.45, 2.75) is 32.8 Å². The van der Waals surface area contributed by atoms with Crippen LogP contribution >= 0.6 is 0 Å². The van der Waals surface area contributed by atoms with Gasteiger partial charge in [-0.2, -0.15) is 0 Å². The van der Waals surface area contributed by atoms with Gasteiger partial charge >= 0.3 is 0 Å². The van der Waals surface area contributed by atoms with Gasteiger partial charge in [-0.3, -0.25) is 10.4 Å². The molecule has 0 spiro atoms. The molecule has 2 N–H and O–H groups in total. The molecule has 1 unspecified atom stereocenters. The van der Waals surface area contributed by atoms with Gasteiger partial charge in [-0.1, -0.05) is 13.8 Å². The lowest BCUT2D eigenvalue weighted by Gasteiger charge is -2.16. The summed E-state index contributed by atoms with van der Waals surface area (Å²) in [7, 11) is 3.80. The second-order valence-corrected chi connectivity index (χ2v) is 4.52. The zero-order chi connectivity index (χ0) is 11.7. The smallest absolute Gasteiger partial charge is 0.0911 e. The fourth-order valence-electron chi connectivity index (χ4n) is 1.16. The van der Waals surface area contributed by atoms with Crippen molar-refractivity contribution in [1.29, 1.82) is 0 Å². The Morgan fingerprint density at radius 1 is 1.33 bits per heavy atom. The number of rotatable bonds is 9. The minimum Gasteiger partial charge on any atom is -0.389 e. The molecule has 0 saturated heterocycles. The molecular formula is C11H26N2O2. The largest absolute Gasteiger partial charge is 0.389 e. The van der Waals surface area contributed by atoms with Crippen molar-refractivity contribution in [3.63, 3.8) is 0 Å². The minimum atomic E-state index is -0.425. The topological polar surface area (TPSA) is 44.7 Å². The van der Waals surface area contributed by atoms with E-state index in [4.69, 9.17) is 4.74 Å². The third-order valence-electron chi connectivity index (χ3n) is 2.02. The van der Waals surface area contributed by atoms with Crippen molar-refractivity contribution in [3.05, 3.63) is 0 Å². The van der Waals surface area contributed by atoms with Crippen molar-refractivity contribution in [2.24, 2.45) is 5.92 Å². The molecule has 0 radical (unpaired) electrons. The Morgan fingerprint density at radius 2 is 2.00 bits per heavy atom. The van der Waals surface area contributed by atoms with Gasteiger partial charge in [0, 0.05) is 27.2 Å². The first kappa shape index (κ1) is 14.8. The summed E-state index contributed by atoms with van der Waals surface area (Å²) in [5.41, 5.74) is 3.01. The Kier molecular flexibility index (Phi) is 9.00. The van der Waals surface area contributed by atoms with Gasteiger partial charge in [-0.25, -0.2) is 0 Å². The highest BCUT2D eigenvalue weighted by Crippen LogP contribution is 2.03. The summed E-state index contributed by atoms with van der Waals surface area (Å²) < 4.78 is 5.37. The predicted molar refractivity (Wildman–Crippen MR) is 62.6 cm³/mol. The van der Waals surface area contributed by atoms with E-state index in [1.54, 1.807) is 0 Å². The van der Waals surface area contributed by atoms with Crippen LogP contribution in [0.2, 0.25) is 0 Å². The Balaban J connectivity index is 3.20. The van der Waals surface area contributed by atoms with E-state index in [0.29, 0.717) is 13.2 Å². The van der Waals surface area contributed by atoms with Gasteiger partial charge in [0.25, 0.3) is 0 Å². The second kappa shape index (κ2) is 9.09. The summed E-state index contributed by atoms with van der Waals surface area (Å²) in [6, 6.07) is 0. The van der Waals surface area contributed by atoms with Gasteiger partial charge in [0.15, 0.2) is 0 Å². The highest BCUT2D eigenvalue weighted by Gasteiger charge is 2.04. The third-order valence-corrected chi connectivity index (χ3v) is 2.02. The van der Waals surface area contributed by atoms with E-state index in [1.165, 1.54) is 6.42 Å². The number of hydrogen-bond donors (Lipinski definition) is 2. The molecule has 15 heavy (non-hydrogen) atoms. The molecule has 0 aromatic carbocycles. The minimum absolute atomic E-state index is 0.416. The van der Waals surface area contributed by atoms with Crippen LogP contribution in [0.15, 0.2) is 0 Å². The van der Waals surface area contributed by atoms with Crippen molar-refractivity contribution in [2.75, 3.05) is 33.9 Å². The maximum absolute atomic E-state index is 9.49. The zero-order valence-electron chi connectivity index (χ0n) is 10.5. The lowest BCUT2D eigenvalue weighted by atomic mass is 10.1. The molecule has 0 aromatic rings. The van der Waals surface area contributed by atoms with Crippen LogP contribution in [0.25, 0.3) is 0 Å². The fourth-order valence-corrected chi connectivity index (χ4v) is 1.16. The molecule has 0 saturated carbocycles. The molecule has 0 bridgehead atoms. The first-order valence-corrected chi connectivity index (χ1v) is 5.69. The van der Waals surface area contributed by atoms with Gasteiger partial charge in [-0.05, 0) is 18.8 Å². The second-order valence-electron chi connectivity index (χ2n) is 4.52. The summed E-state index contributed by atoms with van der Waals surface area (Å²) in [6.07, 6.45) is 1.84. The maximum atomic E-state index is 9.49. The van der Waals surface area contributed by atoms with E-state index >= 15 is 0 Å². The van der Waals surface area contributed by atoms with Crippen LogP contribution in [0.5, 0.6) is 0 Å². The SMILES string of the molecule is CC(C)CCCOCC(O)CNN(C)C. The quantitative estimate of drug-likeness (QED) is 0.445. The first-order chi connectivity index (χ1) is 7.02. The van der Waals surface area contributed by atoms with Gasteiger partial charge < -0.3 is 9.84 Å². The summed E-state index contributed by atoms with van der Waals surface area (Å²) in [5, 5.41) is 11.3. The summed E-state index contributed by atoms with van der Waals surface area (Å²) in [5.74, 6) is 0.730. The number of aliphatic hydroxyl groups excluding tert-OH is 1. The lowest BCUT2D eigenvalue weighted by molar-refractivity contribution is 0.0268. The molecule has 0 aliphatic heterocycles. The van der Waals surface area contributed by atoms with Gasteiger partial charge in [0.05, 0.1) is 12.7 Å². The first-order valence-electron chi connectivity index (χ1n) is 5.69. The van der Waals surface area contributed by atoms with Crippen molar-refractivity contribution in [3.8, 4) is 0 Å². The molecule has 1 atom stereocenters. The highest BCUT2D eigenvalue weighted by molar-refractivity contribution is 4.55. The standard InChI is InChI=1S/C11H26N2O2/c1-10(2)6-5-7-15-9-11(14)8-12-13(3)4/h10-12,14H,5-9H2,1-4H3. The summed E-state index contributed by atoms with van der Waals surface area (Å²) in [6.45, 7) is 6.11. The lowest BCUT2D eigenvalue weighted by Crippen LogP contribution is -2.38. The van der Waals surface area contributed by atoms with E-state index in [9.17, 15) is 5.11 Å². The molecule has 0 aliphatic rings. The monoisotopic (exact) mass is 218 g/mol. The Morgan fingerprint density at radius 3 is 2.53 bits per heavy atom. The molecule has 0 fully saturated rings. The summed E-state index contributed by atoms with van der Waals surface area (Å²) in [4.78, 5) is 0. The van der Waals surface area contributed by atoms with Crippen molar-refractivity contribution >= 4 is 0 Å². The number of nitrogens with one attached hydrogen (secondary N) is 1. The van der Waals surface area contributed by atoms with Crippen LogP contribution in [0, 0.1) is 5.92 Å². The number of hydrogen-bond acceptors (Lipinski definition) is 4. The van der Waals surface area contributed by atoms with Gasteiger partial charge in [0.1, 0.15) is 0 Å². The Hall–Kier alpha value is -0.160. The zero-order valence-corrected chi connectivity index (χ0v) is 10.5. The predicted octanol–water partition coefficient (Wildman–Crippen LogP) is 0.866. The molecule has 0 rings (SSSR count). The molecule has 0 aliphatic carbocycles. The van der Waals surface area contributed by atoms with Crippen LogP contribution in [0.3, 0.4) is 0 Å². The van der Waals surface area contributed by atoms with Crippen molar-refractivity contribution in [1.82, 2.24) is 10.4 Å². The van der Waals surface area contributed by atoms with Crippen LogP contribution < -0.4 is 5.43 Å². The fraction of sp³-hybridized carbons (Fsp3) is 1.00. The molecule has 0 aromatic heterocycles. The van der Waals surface area contributed by atoms with E-state index in [0.717, 1.165) is 18.9 Å². The highest BCUT2D eigenvalue weighted by atomic mass is 16.5. The number of aliphatic hydroxyl groups is 1. The van der Waals surface area contributed by atoms with Crippen LogP contribution in [0.1, 0.15) is 26.7 Å². The van der Waals surface area contributed by atoms with E-state index in [1.807, 2.05) is 19.1 Å². The number of ether oxygens (including phenoxy) is 1. The van der Waals surface area contributed by atoms with Crippen LogP contribution in [-0.4, -0.2) is 50.1 Å². The van der Waals surface area contributed by atoms with E-state index in [-0.39, 0.29) is 0 Å². The summed E-state index contributed by atoms with van der Waals surface area (Å²) >= 11 is 0. The number of hydrazine groups is 1. The Labute approximate surface area is 93.6 Å². The molecule has 92 valence electrons. The maximum Gasteiger partial charge on any atom is 0.0911 e.